The first-order valence-electron chi connectivity index (χ1n) is 9.86. The van der Waals surface area contributed by atoms with Gasteiger partial charge in [0, 0.05) is 31.4 Å². The Kier molecular flexibility index (Phi) is 5.81. The van der Waals surface area contributed by atoms with Crippen LogP contribution in [0.2, 0.25) is 0 Å². The van der Waals surface area contributed by atoms with Crippen molar-refractivity contribution in [2.75, 3.05) is 36.4 Å². The molecule has 1 saturated heterocycles. The van der Waals surface area contributed by atoms with Crippen molar-refractivity contribution in [3.8, 4) is 0 Å². The highest BCUT2D eigenvalue weighted by atomic mass is 16.2. The minimum absolute atomic E-state index is 0.277. The second-order valence-corrected chi connectivity index (χ2v) is 7.15. The van der Waals surface area contributed by atoms with Crippen LogP contribution >= 0.6 is 0 Å². The van der Waals surface area contributed by atoms with Gasteiger partial charge in [0.15, 0.2) is 5.82 Å². The molecule has 0 bridgehead atoms. The summed E-state index contributed by atoms with van der Waals surface area (Å²) in [5.41, 5.74) is 2.33. The fraction of sp³-hybridized carbons (Fsp3) is 0.333. The zero-order valence-corrected chi connectivity index (χ0v) is 16.5. The average Bonchev–Trinajstić information content (AvgIpc) is 2.94. The van der Waals surface area contributed by atoms with Crippen LogP contribution in [0, 0.1) is 6.92 Å². The summed E-state index contributed by atoms with van der Waals surface area (Å²) in [5.74, 6) is 1.03. The number of anilines is 2. The van der Waals surface area contributed by atoms with Gasteiger partial charge in [-0.05, 0) is 25.5 Å². The van der Waals surface area contributed by atoms with Gasteiger partial charge in [0.25, 0.3) is 5.91 Å². The van der Waals surface area contributed by atoms with E-state index in [0.29, 0.717) is 12.4 Å². The Balaban J connectivity index is 1.41. The van der Waals surface area contributed by atoms with Crippen molar-refractivity contribution in [3.63, 3.8) is 0 Å². The van der Waals surface area contributed by atoms with Gasteiger partial charge in [0.05, 0.1) is 18.9 Å². The van der Waals surface area contributed by atoms with Crippen LogP contribution in [0.3, 0.4) is 0 Å². The second kappa shape index (κ2) is 8.83. The van der Waals surface area contributed by atoms with Crippen molar-refractivity contribution >= 4 is 17.5 Å². The van der Waals surface area contributed by atoms with E-state index in [1.807, 2.05) is 48.1 Å². The number of aromatic nitrogens is 4. The standard InChI is InChI=1S/C21H25N7O/c1-16-14-28(15-17-6-3-2-4-7-17)26-20(16)25-21(29)18-12-24-19(13-23-18)27-10-5-8-22-9-11-27/h2-4,6-7,12-14,22H,5,8-11,15H2,1H3,(H,25,26,29). The summed E-state index contributed by atoms with van der Waals surface area (Å²) in [5, 5.41) is 10.7. The number of rotatable bonds is 5. The van der Waals surface area contributed by atoms with Crippen molar-refractivity contribution in [2.24, 2.45) is 0 Å². The van der Waals surface area contributed by atoms with E-state index in [9.17, 15) is 4.79 Å². The summed E-state index contributed by atoms with van der Waals surface area (Å²) in [6.45, 7) is 6.34. The monoisotopic (exact) mass is 391 g/mol. The van der Waals surface area contributed by atoms with Gasteiger partial charge in [0.2, 0.25) is 0 Å². The Bertz CT molecular complexity index is 945. The summed E-state index contributed by atoms with van der Waals surface area (Å²) in [7, 11) is 0. The first-order chi connectivity index (χ1) is 14.2. The highest BCUT2D eigenvalue weighted by Gasteiger charge is 2.15. The molecule has 8 heteroatoms. The summed E-state index contributed by atoms with van der Waals surface area (Å²) in [6, 6.07) is 10.1. The number of hydrogen-bond acceptors (Lipinski definition) is 6. The predicted molar refractivity (Wildman–Crippen MR) is 112 cm³/mol. The summed E-state index contributed by atoms with van der Waals surface area (Å²) in [4.78, 5) is 23.5. The van der Waals surface area contributed by atoms with Gasteiger partial charge in [-0.15, -0.1) is 0 Å². The number of aryl methyl sites for hydroxylation is 1. The van der Waals surface area contributed by atoms with Gasteiger partial charge in [-0.2, -0.15) is 5.10 Å². The van der Waals surface area contributed by atoms with Gasteiger partial charge < -0.3 is 15.5 Å². The second-order valence-electron chi connectivity index (χ2n) is 7.15. The Morgan fingerprint density at radius 1 is 1.14 bits per heavy atom. The van der Waals surface area contributed by atoms with Crippen molar-refractivity contribution in [2.45, 2.75) is 19.9 Å². The van der Waals surface area contributed by atoms with Crippen LogP contribution in [0.4, 0.5) is 11.6 Å². The van der Waals surface area contributed by atoms with Crippen molar-refractivity contribution in [1.82, 2.24) is 25.1 Å². The molecule has 4 rings (SSSR count). The molecular weight excluding hydrogens is 366 g/mol. The van der Waals surface area contributed by atoms with Gasteiger partial charge >= 0.3 is 0 Å². The average molecular weight is 391 g/mol. The third-order valence-corrected chi connectivity index (χ3v) is 4.90. The van der Waals surface area contributed by atoms with E-state index >= 15 is 0 Å². The Morgan fingerprint density at radius 3 is 2.79 bits per heavy atom. The van der Waals surface area contributed by atoms with E-state index in [1.165, 1.54) is 6.20 Å². The molecule has 0 unspecified atom stereocenters. The minimum atomic E-state index is -0.311. The Hall–Kier alpha value is -3.26. The van der Waals surface area contributed by atoms with Crippen LogP contribution in [0.5, 0.6) is 0 Å². The number of nitrogens with zero attached hydrogens (tertiary/aromatic N) is 5. The maximum Gasteiger partial charge on any atom is 0.277 e. The van der Waals surface area contributed by atoms with Crippen molar-refractivity contribution < 1.29 is 4.79 Å². The van der Waals surface area contributed by atoms with Crippen LogP contribution in [0.25, 0.3) is 0 Å². The van der Waals surface area contributed by atoms with Crippen LogP contribution < -0.4 is 15.5 Å². The molecule has 1 aromatic carbocycles. The summed E-state index contributed by atoms with van der Waals surface area (Å²) in [6.07, 6.45) is 6.18. The lowest BCUT2D eigenvalue weighted by atomic mass is 10.2. The normalized spacial score (nSPS) is 14.4. The molecule has 0 aliphatic carbocycles. The zero-order chi connectivity index (χ0) is 20.1. The molecule has 1 aliphatic heterocycles. The molecule has 2 N–H and O–H groups in total. The SMILES string of the molecule is Cc1cn(Cc2ccccc2)nc1NC(=O)c1cnc(N2CCCNCC2)cn1. The lowest BCUT2D eigenvalue weighted by molar-refractivity contribution is 0.102. The molecule has 8 nitrogen and oxygen atoms in total. The van der Waals surface area contributed by atoms with E-state index in [1.54, 1.807) is 6.20 Å². The number of hydrogen-bond donors (Lipinski definition) is 2. The number of carbonyl (C=O) groups is 1. The first-order valence-corrected chi connectivity index (χ1v) is 9.86. The minimum Gasteiger partial charge on any atom is -0.354 e. The molecule has 0 spiro atoms. The van der Waals surface area contributed by atoms with Crippen LogP contribution in [0.1, 0.15) is 28.0 Å². The van der Waals surface area contributed by atoms with Crippen molar-refractivity contribution in [1.29, 1.82) is 0 Å². The third kappa shape index (κ3) is 4.78. The Morgan fingerprint density at radius 2 is 2.00 bits per heavy atom. The topological polar surface area (TPSA) is 88.0 Å². The summed E-state index contributed by atoms with van der Waals surface area (Å²) < 4.78 is 1.82. The molecule has 3 heterocycles. The fourth-order valence-electron chi connectivity index (χ4n) is 3.34. The largest absolute Gasteiger partial charge is 0.354 e. The zero-order valence-electron chi connectivity index (χ0n) is 16.5. The van der Waals surface area contributed by atoms with Gasteiger partial charge in [-0.25, -0.2) is 9.97 Å². The molecule has 2 aromatic heterocycles. The van der Waals surface area contributed by atoms with E-state index in [4.69, 9.17) is 0 Å². The predicted octanol–water partition coefficient (Wildman–Crippen LogP) is 2.08. The molecule has 3 aromatic rings. The molecule has 1 amide bonds. The quantitative estimate of drug-likeness (QED) is 0.692. The summed E-state index contributed by atoms with van der Waals surface area (Å²) >= 11 is 0. The van der Waals surface area contributed by atoms with E-state index in [-0.39, 0.29) is 11.6 Å². The molecule has 1 fully saturated rings. The molecule has 1 aliphatic rings. The van der Waals surface area contributed by atoms with Crippen LogP contribution in [-0.2, 0) is 6.54 Å². The third-order valence-electron chi connectivity index (χ3n) is 4.90. The van der Waals surface area contributed by atoms with E-state index < -0.39 is 0 Å². The maximum atomic E-state index is 12.6. The lowest BCUT2D eigenvalue weighted by Gasteiger charge is -2.20. The van der Waals surface area contributed by atoms with E-state index in [0.717, 1.165) is 49.5 Å². The number of benzene rings is 1. The van der Waals surface area contributed by atoms with Crippen molar-refractivity contribution in [3.05, 3.63) is 65.7 Å². The smallest absolute Gasteiger partial charge is 0.277 e. The van der Waals surface area contributed by atoms with Gasteiger partial charge in [-0.3, -0.25) is 9.48 Å². The highest BCUT2D eigenvalue weighted by molar-refractivity contribution is 6.02. The molecular formula is C21H25N7O. The Labute approximate surface area is 170 Å². The van der Waals surface area contributed by atoms with Crippen LogP contribution in [0.15, 0.2) is 48.9 Å². The maximum absolute atomic E-state index is 12.6. The number of nitrogens with one attached hydrogen (secondary N) is 2. The van der Waals surface area contributed by atoms with E-state index in [2.05, 4.69) is 30.6 Å². The molecule has 0 saturated carbocycles. The van der Waals surface area contributed by atoms with Crippen LogP contribution in [-0.4, -0.2) is 51.8 Å². The number of carbonyl (C=O) groups excluding carboxylic acids is 1. The first kappa shape index (κ1) is 19.1. The molecule has 0 atom stereocenters. The molecule has 0 radical (unpaired) electrons. The van der Waals surface area contributed by atoms with Gasteiger partial charge in [0.1, 0.15) is 11.5 Å². The molecule has 29 heavy (non-hydrogen) atoms. The fourth-order valence-corrected chi connectivity index (χ4v) is 3.34. The lowest BCUT2D eigenvalue weighted by Crippen LogP contribution is -2.29. The molecule has 150 valence electrons. The van der Waals surface area contributed by atoms with Gasteiger partial charge in [-0.1, -0.05) is 30.3 Å². The highest BCUT2D eigenvalue weighted by Crippen LogP contribution is 2.15. The number of amides is 1.